The zero-order valence-corrected chi connectivity index (χ0v) is 15.6. The largest absolute Gasteiger partial charge is 0.486 e. The highest BCUT2D eigenvalue weighted by Gasteiger charge is 2.22. The molecule has 0 saturated heterocycles. The summed E-state index contributed by atoms with van der Waals surface area (Å²) in [5.74, 6) is -2.78. The van der Waals surface area contributed by atoms with Gasteiger partial charge in [0.2, 0.25) is 0 Å². The van der Waals surface area contributed by atoms with Crippen molar-refractivity contribution in [3.8, 4) is 5.75 Å². The number of fused-ring (bicyclic) bond motifs is 1. The molecule has 0 spiro atoms. The summed E-state index contributed by atoms with van der Waals surface area (Å²) >= 11 is 0. The number of hydrogen-bond donors (Lipinski definition) is 1. The summed E-state index contributed by atoms with van der Waals surface area (Å²) in [5.41, 5.74) is 2.09. The van der Waals surface area contributed by atoms with E-state index in [-0.39, 0.29) is 18.8 Å². The molecule has 0 atom stereocenters. The average molecular weight is 393 g/mol. The second-order valence-corrected chi connectivity index (χ2v) is 6.67. The third kappa shape index (κ3) is 3.85. The van der Waals surface area contributed by atoms with E-state index in [1.54, 1.807) is 6.07 Å². The van der Waals surface area contributed by atoms with Crippen LogP contribution in [0.4, 0.5) is 8.78 Å². The molecule has 0 bridgehead atoms. The molecule has 2 aromatic heterocycles. The number of rotatable bonds is 6. The van der Waals surface area contributed by atoms with Gasteiger partial charge in [0.25, 0.3) is 0 Å². The summed E-state index contributed by atoms with van der Waals surface area (Å²) in [4.78, 5) is 16.8. The van der Waals surface area contributed by atoms with E-state index in [2.05, 4.69) is 15.2 Å². The molecule has 5 nitrogen and oxygen atoms in total. The van der Waals surface area contributed by atoms with Crippen molar-refractivity contribution in [3.05, 3.63) is 88.7 Å². The van der Waals surface area contributed by atoms with Crippen molar-refractivity contribution in [1.82, 2.24) is 15.2 Å². The number of ketones is 1. The Labute approximate surface area is 165 Å². The van der Waals surface area contributed by atoms with Crippen molar-refractivity contribution in [3.63, 3.8) is 0 Å². The lowest BCUT2D eigenvalue weighted by molar-refractivity contribution is 0.0983. The second kappa shape index (κ2) is 7.79. The molecule has 0 aliphatic rings. The van der Waals surface area contributed by atoms with Crippen LogP contribution in [-0.2, 0) is 13.0 Å². The van der Waals surface area contributed by atoms with Crippen LogP contribution < -0.4 is 4.74 Å². The van der Waals surface area contributed by atoms with Crippen molar-refractivity contribution in [2.75, 3.05) is 0 Å². The number of hydrogen-bond acceptors (Lipinski definition) is 4. The molecule has 2 heterocycles. The summed E-state index contributed by atoms with van der Waals surface area (Å²) in [6.07, 6.45) is 1.29. The fourth-order valence-electron chi connectivity index (χ4n) is 3.07. The van der Waals surface area contributed by atoms with Crippen LogP contribution in [0, 0.1) is 18.6 Å². The fourth-order valence-corrected chi connectivity index (χ4v) is 3.07. The van der Waals surface area contributed by atoms with Crippen LogP contribution in [0.3, 0.4) is 0 Å². The number of carbonyl (C=O) groups is 1. The van der Waals surface area contributed by atoms with Crippen LogP contribution >= 0.6 is 0 Å². The number of aromatic amines is 1. The van der Waals surface area contributed by atoms with Gasteiger partial charge in [-0.05, 0) is 36.2 Å². The third-order valence-corrected chi connectivity index (χ3v) is 4.59. The second-order valence-electron chi connectivity index (χ2n) is 6.67. The number of benzene rings is 2. The van der Waals surface area contributed by atoms with Crippen LogP contribution in [-0.4, -0.2) is 21.0 Å². The highest BCUT2D eigenvalue weighted by Crippen LogP contribution is 2.26. The van der Waals surface area contributed by atoms with Crippen molar-refractivity contribution in [1.29, 1.82) is 0 Å². The Kier molecular flexibility index (Phi) is 5.03. The number of nitrogens with one attached hydrogen (secondary N) is 1. The van der Waals surface area contributed by atoms with Gasteiger partial charge in [0, 0.05) is 23.7 Å². The predicted octanol–water partition coefficient (Wildman–Crippen LogP) is 4.55. The van der Waals surface area contributed by atoms with Crippen LogP contribution in [0.1, 0.15) is 27.2 Å². The monoisotopic (exact) mass is 393 g/mol. The normalized spacial score (nSPS) is 11.0. The van der Waals surface area contributed by atoms with Gasteiger partial charge >= 0.3 is 0 Å². The van der Waals surface area contributed by atoms with Crippen molar-refractivity contribution in [2.24, 2.45) is 0 Å². The minimum Gasteiger partial charge on any atom is -0.486 e. The van der Waals surface area contributed by atoms with Gasteiger partial charge in [-0.3, -0.25) is 9.89 Å². The lowest BCUT2D eigenvalue weighted by Gasteiger charge is -2.11. The first-order chi connectivity index (χ1) is 14.0. The number of halogens is 2. The van der Waals surface area contributed by atoms with Gasteiger partial charge in [-0.1, -0.05) is 30.3 Å². The van der Waals surface area contributed by atoms with Gasteiger partial charge in [-0.25, -0.2) is 13.8 Å². The van der Waals surface area contributed by atoms with Crippen LogP contribution in [0.2, 0.25) is 0 Å². The van der Waals surface area contributed by atoms with E-state index >= 15 is 0 Å². The molecular weight excluding hydrogens is 376 g/mol. The molecule has 2 aromatic carbocycles. The van der Waals surface area contributed by atoms with E-state index in [0.717, 1.165) is 22.7 Å². The first-order valence-electron chi connectivity index (χ1n) is 9.00. The molecule has 7 heteroatoms. The minimum atomic E-state index is -1.00. The number of carbonyl (C=O) groups excluding carboxylic acids is 1. The van der Waals surface area contributed by atoms with Crippen LogP contribution in [0.5, 0.6) is 5.75 Å². The summed E-state index contributed by atoms with van der Waals surface area (Å²) in [7, 11) is 0. The summed E-state index contributed by atoms with van der Waals surface area (Å²) < 4.78 is 34.6. The number of pyridine rings is 1. The molecular formula is C22H17F2N3O2. The van der Waals surface area contributed by atoms with Gasteiger partial charge in [-0.15, -0.1) is 0 Å². The first kappa shape index (κ1) is 18.7. The third-order valence-electron chi connectivity index (χ3n) is 4.59. The molecule has 0 fully saturated rings. The molecule has 0 radical (unpaired) electrons. The van der Waals surface area contributed by atoms with Crippen molar-refractivity contribution >= 4 is 16.8 Å². The van der Waals surface area contributed by atoms with Gasteiger partial charge in [0.15, 0.2) is 23.0 Å². The fraction of sp³-hybridized carbons (Fsp3) is 0.136. The molecule has 0 saturated carbocycles. The van der Waals surface area contributed by atoms with Gasteiger partial charge in [0.1, 0.15) is 12.4 Å². The molecule has 0 aliphatic heterocycles. The average Bonchev–Trinajstić information content (AvgIpc) is 3.08. The van der Waals surface area contributed by atoms with Gasteiger partial charge in [-0.2, -0.15) is 5.10 Å². The molecule has 1 N–H and O–H groups in total. The number of aromatic nitrogens is 3. The molecule has 0 amide bonds. The Morgan fingerprint density at radius 3 is 2.69 bits per heavy atom. The lowest BCUT2D eigenvalue weighted by Crippen LogP contribution is -2.11. The van der Waals surface area contributed by atoms with Crippen LogP contribution in [0.25, 0.3) is 11.0 Å². The quantitative estimate of drug-likeness (QED) is 0.488. The number of nitrogens with zero attached hydrogens (tertiary/aromatic N) is 2. The standard InChI is InChI=1S/C22H17F2N3O2/c1-13-16-9-15(11-25-22(16)27-26-13)10-18(28)20-17(23)7-8-19(21(20)24)29-12-14-5-3-2-4-6-14/h2-9,11H,10,12H2,1H3,(H,25,26,27). The number of aryl methyl sites for hydroxylation is 1. The van der Waals surface area contributed by atoms with Crippen LogP contribution in [0.15, 0.2) is 54.7 Å². The van der Waals surface area contributed by atoms with Crippen molar-refractivity contribution in [2.45, 2.75) is 20.0 Å². The maximum atomic E-state index is 14.8. The van der Waals surface area contributed by atoms with Gasteiger partial charge in [0.05, 0.1) is 5.56 Å². The molecule has 0 aliphatic carbocycles. The Morgan fingerprint density at radius 2 is 1.90 bits per heavy atom. The molecule has 146 valence electrons. The number of Topliss-reactive ketones (excluding diaryl/α,β-unsaturated/α-hetero) is 1. The Bertz CT molecular complexity index is 1190. The SMILES string of the molecule is Cc1[nH]nc2ncc(CC(=O)c3c(F)ccc(OCc4ccccc4)c3F)cc12. The van der Waals surface area contributed by atoms with E-state index in [1.807, 2.05) is 37.3 Å². The summed E-state index contributed by atoms with van der Waals surface area (Å²) in [6.45, 7) is 1.94. The summed E-state index contributed by atoms with van der Waals surface area (Å²) in [5, 5.41) is 7.59. The smallest absolute Gasteiger partial charge is 0.181 e. The lowest BCUT2D eigenvalue weighted by atomic mass is 10.0. The maximum absolute atomic E-state index is 14.8. The zero-order valence-electron chi connectivity index (χ0n) is 15.6. The van der Waals surface area contributed by atoms with E-state index in [0.29, 0.717) is 11.2 Å². The Morgan fingerprint density at radius 1 is 1.10 bits per heavy atom. The molecule has 4 aromatic rings. The maximum Gasteiger partial charge on any atom is 0.181 e. The topological polar surface area (TPSA) is 67.9 Å². The molecule has 4 rings (SSSR count). The first-order valence-corrected chi connectivity index (χ1v) is 9.00. The molecule has 0 unspecified atom stereocenters. The van der Waals surface area contributed by atoms with Crippen molar-refractivity contribution < 1.29 is 18.3 Å². The zero-order chi connectivity index (χ0) is 20.4. The highest BCUT2D eigenvalue weighted by atomic mass is 19.1. The Hall–Kier alpha value is -3.61. The number of ether oxygens (including phenoxy) is 1. The summed E-state index contributed by atoms with van der Waals surface area (Å²) in [6, 6.07) is 13.2. The van der Waals surface area contributed by atoms with E-state index < -0.39 is 23.0 Å². The minimum absolute atomic E-state index is 0.109. The highest BCUT2D eigenvalue weighted by molar-refractivity contribution is 5.98. The number of H-pyrrole nitrogens is 1. The van der Waals surface area contributed by atoms with E-state index in [1.165, 1.54) is 12.3 Å². The Balaban J connectivity index is 1.57. The predicted molar refractivity (Wildman–Crippen MR) is 104 cm³/mol. The van der Waals surface area contributed by atoms with Gasteiger partial charge < -0.3 is 4.74 Å². The van der Waals surface area contributed by atoms with E-state index in [9.17, 15) is 13.6 Å². The molecule has 29 heavy (non-hydrogen) atoms. The van der Waals surface area contributed by atoms with E-state index in [4.69, 9.17) is 4.74 Å².